The molecule has 1 unspecified atom stereocenters. The highest BCUT2D eigenvalue weighted by atomic mass is 32.2. The summed E-state index contributed by atoms with van der Waals surface area (Å²) in [5.41, 5.74) is 5.32. The van der Waals surface area contributed by atoms with Gasteiger partial charge in [0.25, 0.3) is 0 Å². The van der Waals surface area contributed by atoms with Crippen LogP contribution in [0, 0.1) is 0 Å². The Bertz CT molecular complexity index is 402. The van der Waals surface area contributed by atoms with Crippen molar-refractivity contribution in [2.75, 3.05) is 12.8 Å². The van der Waals surface area contributed by atoms with E-state index >= 15 is 0 Å². The van der Waals surface area contributed by atoms with Gasteiger partial charge in [0, 0.05) is 12.3 Å². The van der Waals surface area contributed by atoms with Gasteiger partial charge in [-0.05, 0) is 20.8 Å². The zero-order valence-corrected chi connectivity index (χ0v) is 11.2. The number of nitrogens with zero attached hydrogens (tertiary/aromatic N) is 2. The highest BCUT2D eigenvalue weighted by molar-refractivity contribution is 7.92. The lowest BCUT2D eigenvalue weighted by Crippen LogP contribution is -2.48. The molecule has 0 fully saturated rings. The molecule has 0 aliphatic heterocycles. The van der Waals surface area contributed by atoms with Crippen LogP contribution in [0.4, 0.5) is 0 Å². The molecule has 8 heteroatoms. The van der Waals surface area contributed by atoms with Gasteiger partial charge >= 0.3 is 0 Å². The summed E-state index contributed by atoms with van der Waals surface area (Å²) in [4.78, 5) is 13.2. The molecule has 0 aliphatic carbocycles. The van der Waals surface area contributed by atoms with Crippen LogP contribution in [0.2, 0.25) is 0 Å². The number of amidine groups is 1. The van der Waals surface area contributed by atoms with Crippen molar-refractivity contribution < 1.29 is 18.4 Å². The maximum atomic E-state index is 11.9. The number of carbonyl (C=O) groups excluding carboxylic acids is 1. The van der Waals surface area contributed by atoms with E-state index in [4.69, 9.17) is 10.9 Å². The van der Waals surface area contributed by atoms with E-state index in [0.717, 1.165) is 6.26 Å². The standard InChI is InChI=1S/C9H19N3O4S/c1-6(2)12(5-8(10)11-14)9(13)7(3)17(4,15)16/h6-7,14H,5H2,1-4H3,(H2,10,11). The third-order valence-corrected chi connectivity index (χ3v) is 3.84. The van der Waals surface area contributed by atoms with Gasteiger partial charge in [-0.25, -0.2) is 8.42 Å². The predicted octanol–water partition coefficient (Wildman–Crippen LogP) is -0.597. The zero-order chi connectivity index (χ0) is 13.8. The van der Waals surface area contributed by atoms with E-state index in [1.54, 1.807) is 13.8 Å². The zero-order valence-electron chi connectivity index (χ0n) is 10.4. The number of oxime groups is 1. The van der Waals surface area contributed by atoms with Crippen molar-refractivity contribution in [1.82, 2.24) is 4.90 Å². The van der Waals surface area contributed by atoms with Crippen LogP contribution >= 0.6 is 0 Å². The Morgan fingerprint density at radius 3 is 2.18 bits per heavy atom. The molecule has 3 N–H and O–H groups in total. The van der Waals surface area contributed by atoms with Gasteiger partial charge in [0.1, 0.15) is 5.25 Å². The molecule has 0 radical (unpaired) electrons. The first-order chi connectivity index (χ1) is 7.61. The second-order valence-electron chi connectivity index (χ2n) is 4.12. The Balaban J connectivity index is 5.04. The van der Waals surface area contributed by atoms with Crippen molar-refractivity contribution >= 4 is 21.6 Å². The molecule has 100 valence electrons. The van der Waals surface area contributed by atoms with Gasteiger partial charge in [0.2, 0.25) is 5.91 Å². The Kier molecular flexibility index (Phi) is 5.40. The van der Waals surface area contributed by atoms with E-state index in [0.29, 0.717) is 0 Å². The predicted molar refractivity (Wildman–Crippen MR) is 64.6 cm³/mol. The fourth-order valence-electron chi connectivity index (χ4n) is 1.14. The molecule has 0 rings (SSSR count). The van der Waals surface area contributed by atoms with Crippen LogP contribution in [0.5, 0.6) is 0 Å². The van der Waals surface area contributed by atoms with Crippen molar-refractivity contribution in [2.24, 2.45) is 10.9 Å². The Morgan fingerprint density at radius 1 is 1.41 bits per heavy atom. The Morgan fingerprint density at radius 2 is 1.88 bits per heavy atom. The van der Waals surface area contributed by atoms with Crippen LogP contribution in [-0.2, 0) is 14.6 Å². The molecule has 0 aliphatic rings. The number of carbonyl (C=O) groups is 1. The third kappa shape index (κ3) is 4.59. The maximum Gasteiger partial charge on any atom is 0.241 e. The number of amides is 1. The van der Waals surface area contributed by atoms with E-state index in [-0.39, 0.29) is 18.4 Å². The molecule has 0 aromatic heterocycles. The van der Waals surface area contributed by atoms with Crippen molar-refractivity contribution in [1.29, 1.82) is 0 Å². The lowest BCUT2D eigenvalue weighted by molar-refractivity contribution is -0.131. The van der Waals surface area contributed by atoms with Gasteiger partial charge in [-0.3, -0.25) is 4.79 Å². The molecule has 1 atom stereocenters. The Hall–Kier alpha value is -1.31. The molecule has 0 saturated heterocycles. The summed E-state index contributed by atoms with van der Waals surface area (Å²) in [6, 6.07) is -0.244. The quantitative estimate of drug-likeness (QED) is 0.298. The van der Waals surface area contributed by atoms with Gasteiger partial charge in [-0.15, -0.1) is 0 Å². The van der Waals surface area contributed by atoms with Gasteiger partial charge in [-0.1, -0.05) is 5.16 Å². The smallest absolute Gasteiger partial charge is 0.241 e. The second kappa shape index (κ2) is 5.85. The minimum atomic E-state index is -3.46. The number of hydrogen-bond donors (Lipinski definition) is 2. The summed E-state index contributed by atoms with van der Waals surface area (Å²) < 4.78 is 22.6. The van der Waals surface area contributed by atoms with Crippen LogP contribution in [0.1, 0.15) is 20.8 Å². The second-order valence-corrected chi connectivity index (χ2v) is 6.49. The van der Waals surface area contributed by atoms with Crippen LogP contribution in [-0.4, -0.2) is 54.4 Å². The summed E-state index contributed by atoms with van der Waals surface area (Å²) in [5.74, 6) is -0.707. The van der Waals surface area contributed by atoms with Crippen molar-refractivity contribution in [3.05, 3.63) is 0 Å². The van der Waals surface area contributed by atoms with Gasteiger partial charge in [0.05, 0.1) is 6.54 Å². The number of hydrogen-bond acceptors (Lipinski definition) is 5. The molecule has 0 bridgehead atoms. The molecule has 0 aromatic carbocycles. The van der Waals surface area contributed by atoms with Gasteiger partial charge in [0.15, 0.2) is 15.7 Å². The van der Waals surface area contributed by atoms with Crippen LogP contribution < -0.4 is 5.73 Å². The summed E-state index contributed by atoms with van der Waals surface area (Å²) in [7, 11) is -3.46. The number of sulfone groups is 1. The van der Waals surface area contributed by atoms with Crippen molar-refractivity contribution in [2.45, 2.75) is 32.1 Å². The molecule has 7 nitrogen and oxygen atoms in total. The molecule has 17 heavy (non-hydrogen) atoms. The minimum Gasteiger partial charge on any atom is -0.409 e. The maximum absolute atomic E-state index is 11.9. The summed E-state index contributed by atoms with van der Waals surface area (Å²) in [6.07, 6.45) is 0.998. The van der Waals surface area contributed by atoms with E-state index in [9.17, 15) is 13.2 Å². The summed E-state index contributed by atoms with van der Waals surface area (Å²) >= 11 is 0. The van der Waals surface area contributed by atoms with E-state index in [1.807, 2.05) is 0 Å². The first-order valence-corrected chi connectivity index (χ1v) is 7.02. The largest absolute Gasteiger partial charge is 0.409 e. The SMILES string of the molecule is CC(C)N(CC(N)=NO)C(=O)C(C)S(C)(=O)=O. The Labute approximate surface area is 101 Å². The molecule has 0 aromatic rings. The van der Waals surface area contributed by atoms with Crippen LogP contribution in [0.3, 0.4) is 0 Å². The lowest BCUT2D eigenvalue weighted by atomic mass is 10.2. The van der Waals surface area contributed by atoms with E-state index in [2.05, 4.69) is 5.16 Å². The van der Waals surface area contributed by atoms with Crippen molar-refractivity contribution in [3.63, 3.8) is 0 Å². The van der Waals surface area contributed by atoms with Gasteiger partial charge in [-0.2, -0.15) is 0 Å². The highest BCUT2D eigenvalue weighted by Crippen LogP contribution is 2.07. The first kappa shape index (κ1) is 15.7. The normalized spacial score (nSPS) is 14.8. The number of rotatable bonds is 5. The average molecular weight is 265 g/mol. The molecular weight excluding hydrogens is 246 g/mol. The fraction of sp³-hybridized carbons (Fsp3) is 0.778. The molecule has 0 spiro atoms. The lowest BCUT2D eigenvalue weighted by Gasteiger charge is -2.28. The van der Waals surface area contributed by atoms with E-state index < -0.39 is 21.0 Å². The van der Waals surface area contributed by atoms with Crippen LogP contribution in [0.25, 0.3) is 0 Å². The van der Waals surface area contributed by atoms with Crippen molar-refractivity contribution in [3.8, 4) is 0 Å². The monoisotopic (exact) mass is 265 g/mol. The molecular formula is C9H19N3O4S. The minimum absolute atomic E-state index is 0.104. The third-order valence-electron chi connectivity index (χ3n) is 2.36. The summed E-state index contributed by atoms with van der Waals surface area (Å²) in [6.45, 7) is 4.65. The average Bonchev–Trinajstić information content (AvgIpc) is 2.21. The highest BCUT2D eigenvalue weighted by Gasteiger charge is 2.30. The fourth-order valence-corrected chi connectivity index (χ4v) is 1.64. The molecule has 0 heterocycles. The van der Waals surface area contributed by atoms with E-state index in [1.165, 1.54) is 11.8 Å². The molecule has 1 amide bonds. The molecule has 0 saturated carbocycles. The first-order valence-electron chi connectivity index (χ1n) is 5.07. The van der Waals surface area contributed by atoms with Gasteiger partial charge < -0.3 is 15.8 Å². The topological polar surface area (TPSA) is 113 Å². The van der Waals surface area contributed by atoms with Crippen LogP contribution in [0.15, 0.2) is 5.16 Å². The number of nitrogens with two attached hydrogens (primary N) is 1. The summed E-state index contributed by atoms with van der Waals surface area (Å²) in [5, 5.41) is 10.1.